The molecule has 0 saturated carbocycles. The molecule has 3 nitrogen and oxygen atoms in total. The van der Waals surface area contributed by atoms with Crippen LogP contribution in [0.3, 0.4) is 0 Å². The fraction of sp³-hybridized carbons (Fsp3) is 0.417. The van der Waals surface area contributed by atoms with Crippen molar-refractivity contribution in [1.82, 2.24) is 4.90 Å². The fourth-order valence-electron chi connectivity index (χ4n) is 2.09. The predicted molar refractivity (Wildman–Crippen MR) is 57.4 cm³/mol. The van der Waals surface area contributed by atoms with Gasteiger partial charge < -0.3 is 5.11 Å². The van der Waals surface area contributed by atoms with Crippen molar-refractivity contribution >= 4 is 5.97 Å². The van der Waals surface area contributed by atoms with Crippen molar-refractivity contribution in [1.29, 1.82) is 0 Å². The lowest BCUT2D eigenvalue weighted by Gasteiger charge is -2.38. The summed E-state index contributed by atoms with van der Waals surface area (Å²) in [6, 6.07) is 4.10. The van der Waals surface area contributed by atoms with E-state index in [1.54, 1.807) is 6.07 Å². The Bertz CT molecular complexity index is 431. The SMILES string of the molecule is O=C(O)CC1CN(Cc2cccc(F)c2F)C1. The number of hydrogen-bond acceptors (Lipinski definition) is 2. The van der Waals surface area contributed by atoms with Gasteiger partial charge in [0.05, 0.1) is 6.42 Å². The Kier molecular flexibility index (Phi) is 3.38. The lowest BCUT2D eigenvalue weighted by Crippen LogP contribution is -2.46. The van der Waals surface area contributed by atoms with E-state index in [4.69, 9.17) is 5.11 Å². The lowest BCUT2D eigenvalue weighted by atomic mass is 9.96. The highest BCUT2D eigenvalue weighted by Crippen LogP contribution is 2.22. The van der Waals surface area contributed by atoms with E-state index < -0.39 is 17.6 Å². The second-order valence-electron chi connectivity index (χ2n) is 4.37. The van der Waals surface area contributed by atoms with E-state index in [2.05, 4.69) is 0 Å². The molecule has 0 aromatic heterocycles. The van der Waals surface area contributed by atoms with Crippen LogP contribution in [-0.4, -0.2) is 29.1 Å². The van der Waals surface area contributed by atoms with Gasteiger partial charge in [-0.2, -0.15) is 0 Å². The quantitative estimate of drug-likeness (QED) is 0.874. The molecule has 0 bridgehead atoms. The summed E-state index contributed by atoms with van der Waals surface area (Å²) in [5, 5.41) is 8.58. The van der Waals surface area contributed by atoms with Crippen molar-refractivity contribution in [2.75, 3.05) is 13.1 Å². The molecule has 1 N–H and O–H groups in total. The number of rotatable bonds is 4. The van der Waals surface area contributed by atoms with Crippen molar-refractivity contribution in [3.8, 4) is 0 Å². The van der Waals surface area contributed by atoms with Crippen LogP contribution in [0.15, 0.2) is 18.2 Å². The van der Waals surface area contributed by atoms with Gasteiger partial charge in [-0.05, 0) is 12.0 Å². The van der Waals surface area contributed by atoms with Crippen LogP contribution in [-0.2, 0) is 11.3 Å². The zero-order valence-electron chi connectivity index (χ0n) is 9.20. The maximum absolute atomic E-state index is 13.3. The van der Waals surface area contributed by atoms with Gasteiger partial charge >= 0.3 is 5.97 Å². The minimum atomic E-state index is -0.842. The number of carboxylic acids is 1. The Morgan fingerprint density at radius 3 is 2.76 bits per heavy atom. The third-order valence-electron chi connectivity index (χ3n) is 2.92. The molecule has 1 heterocycles. The van der Waals surface area contributed by atoms with Crippen LogP contribution in [0.5, 0.6) is 0 Å². The summed E-state index contributed by atoms with van der Waals surface area (Å²) >= 11 is 0. The zero-order valence-corrected chi connectivity index (χ0v) is 9.20. The third kappa shape index (κ3) is 2.79. The van der Waals surface area contributed by atoms with Crippen molar-refractivity contribution in [2.45, 2.75) is 13.0 Å². The Balaban J connectivity index is 1.88. The summed E-state index contributed by atoms with van der Waals surface area (Å²) in [4.78, 5) is 12.3. The summed E-state index contributed by atoms with van der Waals surface area (Å²) in [5.41, 5.74) is 0.318. The molecule has 1 aliphatic rings. The number of halogens is 2. The molecule has 0 atom stereocenters. The number of hydrogen-bond donors (Lipinski definition) is 1. The third-order valence-corrected chi connectivity index (χ3v) is 2.92. The molecule has 1 saturated heterocycles. The summed E-state index contributed by atoms with van der Waals surface area (Å²) in [6.45, 7) is 1.59. The molecular formula is C12H13F2NO2. The molecule has 1 aromatic rings. The predicted octanol–water partition coefficient (Wildman–Crippen LogP) is 1.87. The Morgan fingerprint density at radius 2 is 2.12 bits per heavy atom. The van der Waals surface area contributed by atoms with E-state index in [9.17, 15) is 13.6 Å². The first-order chi connectivity index (χ1) is 8.06. The zero-order chi connectivity index (χ0) is 12.4. The Labute approximate surface area is 97.7 Å². The van der Waals surface area contributed by atoms with Gasteiger partial charge in [-0.15, -0.1) is 0 Å². The summed E-state index contributed by atoms with van der Waals surface area (Å²) in [5.74, 6) is -2.34. The van der Waals surface area contributed by atoms with Gasteiger partial charge in [-0.1, -0.05) is 12.1 Å². The van der Waals surface area contributed by atoms with Crippen molar-refractivity contribution < 1.29 is 18.7 Å². The summed E-state index contributed by atoms with van der Waals surface area (Å²) in [6.07, 6.45) is 0.141. The molecule has 1 aliphatic heterocycles. The van der Waals surface area contributed by atoms with Gasteiger partial charge in [-0.3, -0.25) is 9.69 Å². The van der Waals surface area contributed by atoms with E-state index >= 15 is 0 Å². The molecule has 92 valence electrons. The molecule has 0 amide bonds. The fourth-order valence-corrected chi connectivity index (χ4v) is 2.09. The van der Waals surface area contributed by atoms with E-state index in [1.165, 1.54) is 6.07 Å². The minimum absolute atomic E-state index is 0.129. The van der Waals surface area contributed by atoms with Crippen molar-refractivity contribution in [2.24, 2.45) is 5.92 Å². The first-order valence-corrected chi connectivity index (χ1v) is 5.43. The standard InChI is InChI=1S/C12H13F2NO2/c13-10-3-1-2-9(12(10)14)7-15-5-8(6-15)4-11(16)17/h1-3,8H,4-7H2,(H,16,17). The summed E-state index contributed by atoms with van der Waals surface area (Å²) < 4.78 is 26.3. The summed E-state index contributed by atoms with van der Waals surface area (Å²) in [7, 11) is 0. The highest BCUT2D eigenvalue weighted by molar-refractivity contribution is 5.67. The molecule has 1 fully saturated rings. The number of carbonyl (C=O) groups is 1. The van der Waals surface area contributed by atoms with Gasteiger partial charge in [0.2, 0.25) is 0 Å². The number of nitrogens with zero attached hydrogens (tertiary/aromatic N) is 1. The van der Waals surface area contributed by atoms with Gasteiger partial charge in [0.1, 0.15) is 0 Å². The molecule has 0 unspecified atom stereocenters. The molecule has 0 spiro atoms. The first kappa shape index (κ1) is 12.0. The van der Waals surface area contributed by atoms with Crippen LogP contribution >= 0.6 is 0 Å². The average Bonchev–Trinajstić information content (AvgIpc) is 2.20. The molecule has 1 aromatic carbocycles. The first-order valence-electron chi connectivity index (χ1n) is 5.43. The van der Waals surface area contributed by atoms with Crippen molar-refractivity contribution in [3.63, 3.8) is 0 Å². The monoisotopic (exact) mass is 241 g/mol. The Morgan fingerprint density at radius 1 is 1.41 bits per heavy atom. The van der Waals surface area contributed by atoms with Crippen LogP contribution in [0.1, 0.15) is 12.0 Å². The topological polar surface area (TPSA) is 40.5 Å². The second kappa shape index (κ2) is 4.79. The van der Waals surface area contributed by atoms with Crippen molar-refractivity contribution in [3.05, 3.63) is 35.4 Å². The minimum Gasteiger partial charge on any atom is -0.481 e. The number of carboxylic acid groups (broad SMARTS) is 1. The maximum Gasteiger partial charge on any atom is 0.303 e. The molecule has 0 aliphatic carbocycles. The van der Waals surface area contributed by atoms with E-state index in [0.29, 0.717) is 25.2 Å². The molecular weight excluding hydrogens is 228 g/mol. The van der Waals surface area contributed by atoms with Crippen LogP contribution in [0.25, 0.3) is 0 Å². The molecule has 5 heteroatoms. The lowest BCUT2D eigenvalue weighted by molar-refractivity contribution is -0.139. The van der Waals surface area contributed by atoms with E-state index in [0.717, 1.165) is 6.07 Å². The molecule has 2 rings (SSSR count). The molecule has 0 radical (unpaired) electrons. The van der Waals surface area contributed by atoms with Crippen LogP contribution in [0.2, 0.25) is 0 Å². The van der Waals surface area contributed by atoms with Gasteiger partial charge in [0, 0.05) is 25.2 Å². The smallest absolute Gasteiger partial charge is 0.303 e. The largest absolute Gasteiger partial charge is 0.481 e. The Hall–Kier alpha value is -1.49. The number of benzene rings is 1. The second-order valence-corrected chi connectivity index (χ2v) is 4.37. The molecule has 17 heavy (non-hydrogen) atoms. The highest BCUT2D eigenvalue weighted by atomic mass is 19.2. The van der Waals surface area contributed by atoms with E-state index in [1.807, 2.05) is 4.90 Å². The maximum atomic E-state index is 13.3. The average molecular weight is 241 g/mol. The van der Waals surface area contributed by atoms with Crippen LogP contribution in [0, 0.1) is 17.6 Å². The van der Waals surface area contributed by atoms with Gasteiger partial charge in [-0.25, -0.2) is 8.78 Å². The van der Waals surface area contributed by atoms with Gasteiger partial charge in [0.15, 0.2) is 11.6 Å². The van der Waals surface area contributed by atoms with Crippen LogP contribution < -0.4 is 0 Å². The van der Waals surface area contributed by atoms with E-state index in [-0.39, 0.29) is 12.3 Å². The highest BCUT2D eigenvalue weighted by Gasteiger charge is 2.29. The van der Waals surface area contributed by atoms with Gasteiger partial charge in [0.25, 0.3) is 0 Å². The van der Waals surface area contributed by atoms with Crippen LogP contribution in [0.4, 0.5) is 8.78 Å². The number of likely N-dealkylation sites (tertiary alicyclic amines) is 1. The normalized spacial score (nSPS) is 16.8. The number of aliphatic carboxylic acids is 1.